The van der Waals surface area contributed by atoms with E-state index in [4.69, 9.17) is 5.73 Å². The van der Waals surface area contributed by atoms with Crippen LogP contribution in [0.1, 0.15) is 25.7 Å². The van der Waals surface area contributed by atoms with E-state index < -0.39 is 0 Å². The molecule has 0 atom stereocenters. The second-order valence-corrected chi connectivity index (χ2v) is 17.5. The Kier molecular flexibility index (Phi) is 11.3. The van der Waals surface area contributed by atoms with Crippen molar-refractivity contribution in [1.82, 2.24) is 29.0 Å². The molecule has 2 aromatic carbocycles. The van der Waals surface area contributed by atoms with Gasteiger partial charge in [-0.2, -0.15) is 10.2 Å². The molecule has 6 aromatic rings. The molecular weight excluding hydrogens is 777 g/mol. The maximum atomic E-state index is 12.4. The SMILES string of the molecule is CSC(=Nc1ccc(-c2cc3c(N4CCN(C(=O)C5CC5)CC4)ccnn3c2)cc1)SC.Nc1ccc(-c2cc3c(N4CCN(C(=O)C5CC5)CC4)ccnn3c2)cc1. The number of thioether (sulfide) groups is 2. The number of benzene rings is 2. The number of hydrogen-bond acceptors (Lipinski definition) is 10. The molecule has 2 saturated heterocycles. The molecule has 2 amide bonds. The monoisotopic (exact) mass is 826 g/mol. The van der Waals surface area contributed by atoms with Crippen LogP contribution in [0.25, 0.3) is 33.3 Å². The summed E-state index contributed by atoms with van der Waals surface area (Å²) in [5, 5.41) is 9.01. The lowest BCUT2D eigenvalue weighted by Crippen LogP contribution is -2.49. The Labute approximate surface area is 353 Å². The third-order valence-corrected chi connectivity index (χ3v) is 13.6. The summed E-state index contributed by atoms with van der Waals surface area (Å²) in [6.45, 7) is 6.64. The van der Waals surface area contributed by atoms with Gasteiger partial charge in [0.1, 0.15) is 4.38 Å². The number of nitrogens with two attached hydrogens (primary N) is 1. The number of hydrogen-bond donors (Lipinski definition) is 1. The quantitative estimate of drug-likeness (QED) is 0.0997. The molecule has 6 heterocycles. The summed E-state index contributed by atoms with van der Waals surface area (Å²) in [5.41, 5.74) is 16.6. The van der Waals surface area contributed by atoms with Crippen LogP contribution in [0.2, 0.25) is 0 Å². The topological polar surface area (TPSA) is 120 Å². The van der Waals surface area contributed by atoms with Gasteiger partial charge in [-0.05, 0) is 97.9 Å². The van der Waals surface area contributed by atoms with Crippen LogP contribution in [-0.2, 0) is 9.59 Å². The van der Waals surface area contributed by atoms with Gasteiger partial charge in [0.25, 0.3) is 0 Å². The van der Waals surface area contributed by atoms with Crippen LogP contribution in [0.15, 0.2) is 103 Å². The van der Waals surface area contributed by atoms with Gasteiger partial charge in [-0.15, -0.1) is 23.5 Å². The molecule has 12 nitrogen and oxygen atoms in total. The highest BCUT2D eigenvalue weighted by molar-refractivity contribution is 8.38. The minimum absolute atomic E-state index is 0.299. The molecule has 0 unspecified atom stereocenters. The molecule has 2 aliphatic carbocycles. The number of carbonyl (C=O) groups excluding carboxylic acids is 2. The second kappa shape index (κ2) is 17.0. The molecule has 0 radical (unpaired) electrons. The van der Waals surface area contributed by atoms with Crippen molar-refractivity contribution in [2.45, 2.75) is 25.7 Å². The maximum Gasteiger partial charge on any atom is 0.225 e. The number of anilines is 3. The smallest absolute Gasteiger partial charge is 0.225 e. The van der Waals surface area contributed by atoms with Crippen LogP contribution in [-0.4, -0.2) is 110 Å². The summed E-state index contributed by atoms with van der Waals surface area (Å²) in [4.78, 5) is 38.1. The summed E-state index contributed by atoms with van der Waals surface area (Å²) in [6, 6.07) is 24.8. The summed E-state index contributed by atoms with van der Waals surface area (Å²) in [5.74, 6) is 1.30. The third kappa shape index (κ3) is 8.65. The van der Waals surface area contributed by atoms with Gasteiger partial charge < -0.3 is 25.3 Å². The molecule has 14 heteroatoms. The molecule has 4 aromatic heterocycles. The van der Waals surface area contributed by atoms with Crippen molar-refractivity contribution in [2.24, 2.45) is 16.8 Å². The zero-order valence-electron chi connectivity index (χ0n) is 33.6. The van der Waals surface area contributed by atoms with E-state index in [2.05, 4.69) is 85.9 Å². The Morgan fingerprint density at radius 2 is 1.02 bits per heavy atom. The molecule has 2 N–H and O–H groups in total. The van der Waals surface area contributed by atoms with Crippen molar-refractivity contribution < 1.29 is 9.59 Å². The average molecular weight is 827 g/mol. The number of amides is 2. The molecule has 4 aliphatic rings. The lowest BCUT2D eigenvalue weighted by Gasteiger charge is -2.36. The maximum absolute atomic E-state index is 12.4. The second-order valence-electron chi connectivity index (χ2n) is 15.7. The van der Waals surface area contributed by atoms with E-state index in [1.807, 2.05) is 68.0 Å². The molecule has 304 valence electrons. The third-order valence-electron chi connectivity index (χ3n) is 11.7. The Balaban J connectivity index is 0.000000154. The molecule has 0 spiro atoms. The Morgan fingerprint density at radius 3 is 1.42 bits per heavy atom. The van der Waals surface area contributed by atoms with Crippen LogP contribution in [0.3, 0.4) is 0 Å². The number of piperazine rings is 2. The summed E-state index contributed by atoms with van der Waals surface area (Å²) in [7, 11) is 0. The molecule has 2 saturated carbocycles. The lowest BCUT2D eigenvalue weighted by atomic mass is 10.1. The van der Waals surface area contributed by atoms with E-state index in [0.29, 0.717) is 23.7 Å². The molecule has 0 bridgehead atoms. The summed E-state index contributed by atoms with van der Waals surface area (Å²) in [6.07, 6.45) is 16.2. The fourth-order valence-corrected chi connectivity index (χ4v) is 9.11. The fourth-order valence-electron chi connectivity index (χ4n) is 8.05. The minimum Gasteiger partial charge on any atom is -0.399 e. The van der Waals surface area contributed by atoms with Crippen LogP contribution < -0.4 is 15.5 Å². The summed E-state index contributed by atoms with van der Waals surface area (Å²) < 4.78 is 4.95. The number of aliphatic imine (C=N–C) groups is 1. The normalized spacial score (nSPS) is 16.9. The Bertz CT molecular complexity index is 2470. The first kappa shape index (κ1) is 39.0. The number of nitrogens with zero attached hydrogens (tertiary/aromatic N) is 9. The van der Waals surface area contributed by atoms with E-state index in [-0.39, 0.29) is 0 Å². The van der Waals surface area contributed by atoms with E-state index in [0.717, 1.165) is 127 Å². The van der Waals surface area contributed by atoms with Gasteiger partial charge in [0, 0.05) is 106 Å². The van der Waals surface area contributed by atoms with Crippen molar-refractivity contribution in [3.8, 4) is 22.3 Å². The van der Waals surface area contributed by atoms with Crippen LogP contribution >= 0.6 is 23.5 Å². The Hall–Kier alpha value is -5.47. The number of fused-ring (bicyclic) bond motifs is 2. The first-order valence-corrected chi connectivity index (χ1v) is 23.0. The molecule has 4 fully saturated rings. The van der Waals surface area contributed by atoms with E-state index in [1.165, 1.54) is 11.4 Å². The van der Waals surface area contributed by atoms with Crippen molar-refractivity contribution in [3.63, 3.8) is 0 Å². The average Bonchev–Trinajstić information content (AvgIpc) is 4.23. The zero-order valence-corrected chi connectivity index (χ0v) is 35.2. The van der Waals surface area contributed by atoms with Crippen molar-refractivity contribution in [3.05, 3.63) is 97.6 Å². The Morgan fingerprint density at radius 1 is 0.593 bits per heavy atom. The van der Waals surface area contributed by atoms with Gasteiger partial charge in [0.15, 0.2) is 0 Å². The number of aromatic nitrogens is 4. The van der Waals surface area contributed by atoms with Gasteiger partial charge in [-0.25, -0.2) is 14.0 Å². The van der Waals surface area contributed by atoms with Gasteiger partial charge >= 0.3 is 0 Å². The number of rotatable bonds is 7. The zero-order chi connectivity index (χ0) is 40.5. The van der Waals surface area contributed by atoms with Crippen molar-refractivity contribution >= 4 is 73.5 Å². The van der Waals surface area contributed by atoms with Crippen LogP contribution in [0, 0.1) is 11.8 Å². The van der Waals surface area contributed by atoms with Gasteiger partial charge in [-0.3, -0.25) is 9.59 Å². The fraction of sp³-hybridized carbons (Fsp3) is 0.356. The molecule has 2 aliphatic heterocycles. The number of carbonyl (C=O) groups is 2. The van der Waals surface area contributed by atoms with Crippen molar-refractivity contribution in [1.29, 1.82) is 0 Å². The van der Waals surface area contributed by atoms with E-state index >= 15 is 0 Å². The van der Waals surface area contributed by atoms with Crippen LogP contribution in [0.5, 0.6) is 0 Å². The van der Waals surface area contributed by atoms with Gasteiger partial charge in [0.05, 0.1) is 28.1 Å². The highest BCUT2D eigenvalue weighted by Crippen LogP contribution is 2.35. The molecule has 10 rings (SSSR count). The standard InChI is InChI=1S/C24H27N5OS2.C21H23N5O/c1-31-24(32-2)26-20-7-5-17(6-8-20)19-15-22-21(9-10-25-29(22)16-19)27-11-13-28(14-12-27)23(30)18-3-4-18;22-18-5-3-15(4-6-18)17-13-20-19(7-8-23-26(20)14-17)24-9-11-25(12-10-24)21(27)16-1-2-16/h5-10,15-16,18H,3-4,11-14H2,1-2H3;3-8,13-14,16H,1-2,9-12,22H2. The highest BCUT2D eigenvalue weighted by atomic mass is 32.2. The molecule has 59 heavy (non-hydrogen) atoms. The largest absolute Gasteiger partial charge is 0.399 e. The highest BCUT2D eigenvalue weighted by Gasteiger charge is 2.36. The predicted octanol–water partition coefficient (Wildman–Crippen LogP) is 7.42. The minimum atomic E-state index is 0.299. The van der Waals surface area contributed by atoms with E-state index in [9.17, 15) is 9.59 Å². The first-order valence-electron chi connectivity index (χ1n) is 20.5. The first-order chi connectivity index (χ1) is 28.8. The van der Waals surface area contributed by atoms with Crippen LogP contribution in [0.4, 0.5) is 22.7 Å². The molecular formula is C45H50N10O2S2. The predicted molar refractivity (Wildman–Crippen MR) is 243 cm³/mol. The van der Waals surface area contributed by atoms with Gasteiger partial charge in [-0.1, -0.05) is 24.3 Å². The number of nitrogen functional groups attached to an aromatic ring is 1. The lowest BCUT2D eigenvalue weighted by molar-refractivity contribution is -0.133. The summed E-state index contributed by atoms with van der Waals surface area (Å²) >= 11 is 3.33. The van der Waals surface area contributed by atoms with Crippen molar-refractivity contribution in [2.75, 3.05) is 80.4 Å². The van der Waals surface area contributed by atoms with Gasteiger partial charge in [0.2, 0.25) is 11.8 Å². The van der Waals surface area contributed by atoms with E-state index in [1.54, 1.807) is 23.5 Å².